The second-order valence-electron chi connectivity index (χ2n) is 3.69. The average molecular weight is 392 g/mol. The third-order valence-corrected chi connectivity index (χ3v) is 3.90. The summed E-state index contributed by atoms with van der Waals surface area (Å²) < 4.78 is 12.8. The highest BCUT2D eigenvalue weighted by Gasteiger charge is 2.08. The third kappa shape index (κ3) is 3.57. The number of amides is 1. The molecule has 0 heterocycles. The predicted molar refractivity (Wildman–Crippen MR) is 80.3 cm³/mol. The molecule has 0 aliphatic carbocycles. The molecule has 1 amide bonds. The van der Waals surface area contributed by atoms with Crippen molar-refractivity contribution in [2.75, 3.05) is 5.32 Å². The zero-order valence-electron chi connectivity index (χ0n) is 9.49. The standard InChI is InChI=1S/C13H8ClFINO2/c14-11-5-4-8(6-12(11)16)13(18)17-9-2-1-3-10(7-9)19-15/h1-7H,(H,17,18). The van der Waals surface area contributed by atoms with Gasteiger partial charge in [-0.3, -0.25) is 9.74 Å². The van der Waals surface area contributed by atoms with Gasteiger partial charge in [-0.2, -0.15) is 0 Å². The Balaban J connectivity index is 2.18. The molecule has 0 atom stereocenters. The van der Waals surface area contributed by atoms with Gasteiger partial charge in [0.25, 0.3) is 5.91 Å². The van der Waals surface area contributed by atoms with Crippen LogP contribution in [0.25, 0.3) is 0 Å². The number of hydrogen-bond acceptors (Lipinski definition) is 2. The first-order valence-electron chi connectivity index (χ1n) is 5.25. The van der Waals surface area contributed by atoms with Gasteiger partial charge in [0.15, 0.2) is 5.75 Å². The highest BCUT2D eigenvalue weighted by atomic mass is 127. The summed E-state index contributed by atoms with van der Waals surface area (Å²) in [6, 6.07) is 11.0. The summed E-state index contributed by atoms with van der Waals surface area (Å²) in [6.07, 6.45) is 0. The molecule has 2 aromatic rings. The average Bonchev–Trinajstić information content (AvgIpc) is 2.42. The van der Waals surface area contributed by atoms with Gasteiger partial charge in [-0.05, 0) is 52.9 Å². The van der Waals surface area contributed by atoms with Gasteiger partial charge in [-0.1, -0.05) is 17.7 Å². The number of rotatable bonds is 3. The predicted octanol–water partition coefficient (Wildman–Crippen LogP) is 4.46. The molecule has 1 N–H and O–H groups in total. The van der Waals surface area contributed by atoms with E-state index >= 15 is 0 Å². The summed E-state index contributed by atoms with van der Waals surface area (Å²) in [5, 5.41) is 3.24. The van der Waals surface area contributed by atoms with Crippen molar-refractivity contribution in [2.24, 2.45) is 0 Å². The maximum Gasteiger partial charge on any atom is 0.255 e. The molecule has 3 nitrogen and oxygen atoms in total. The fourth-order valence-electron chi connectivity index (χ4n) is 1.46. The van der Waals surface area contributed by atoms with E-state index in [4.69, 9.17) is 11.6 Å². The molecule has 98 valence electrons. The van der Waals surface area contributed by atoms with Crippen LogP contribution in [0.4, 0.5) is 10.2 Å². The molecule has 0 fully saturated rings. The number of hydrogen-bond donors (Lipinski definition) is 1. The van der Waals surface area contributed by atoms with E-state index in [-0.39, 0.29) is 11.7 Å². The van der Waals surface area contributed by atoms with Crippen LogP contribution in [-0.2, 0) is 0 Å². The minimum Gasteiger partial charge on any atom is -0.322 e. The molecule has 0 aliphatic heterocycles. The van der Waals surface area contributed by atoms with Gasteiger partial charge in [0, 0.05) is 25.4 Å². The van der Waals surface area contributed by atoms with Gasteiger partial charge in [0.05, 0.1) is 5.02 Å². The second-order valence-corrected chi connectivity index (χ2v) is 5.26. The fraction of sp³-hybridized carbons (Fsp3) is 0. The molecular weight excluding hydrogens is 384 g/mol. The van der Waals surface area contributed by atoms with E-state index < -0.39 is 0 Å². The van der Waals surface area contributed by atoms with Gasteiger partial charge in [0.2, 0.25) is 0 Å². The van der Waals surface area contributed by atoms with E-state index in [1.54, 1.807) is 30.3 Å². The van der Waals surface area contributed by atoms with Crippen molar-refractivity contribution in [3.05, 3.63) is 56.6 Å². The molecule has 19 heavy (non-hydrogen) atoms. The van der Waals surface area contributed by atoms with Crippen LogP contribution in [0.3, 0.4) is 0 Å². The minimum absolute atomic E-state index is 0.0310. The van der Waals surface area contributed by atoms with Crippen LogP contribution in [0.1, 0.15) is 10.4 Å². The molecule has 0 saturated heterocycles. The van der Waals surface area contributed by atoms with Gasteiger partial charge in [-0.25, -0.2) is 0 Å². The van der Waals surface area contributed by atoms with E-state index in [2.05, 4.69) is 10.3 Å². The molecule has 2 aromatic carbocycles. The summed E-state index contributed by atoms with van der Waals surface area (Å²) in [5.41, 5.74) is 0.922. The topological polar surface area (TPSA) is 38.3 Å². The second kappa shape index (κ2) is 6.21. The van der Waals surface area contributed by atoms with Crippen LogP contribution >= 0.6 is 34.2 Å². The first-order valence-corrected chi connectivity index (χ1v) is 6.71. The van der Waals surface area contributed by atoms with Crippen LogP contribution in [0.5, 0.6) is 5.75 Å². The SMILES string of the molecule is O=C(Nc1cccc(OF)c1)c1ccc(Cl)c(I)c1. The Labute approximate surface area is 127 Å². The quantitative estimate of drug-likeness (QED) is 0.785. The van der Waals surface area contributed by atoms with Crippen molar-refractivity contribution < 1.29 is 14.3 Å². The van der Waals surface area contributed by atoms with Crippen molar-refractivity contribution >= 4 is 45.8 Å². The normalized spacial score (nSPS) is 10.1. The maximum absolute atomic E-state index is 12.0. The number of carbonyl (C=O) groups excluding carboxylic acids is 1. The summed E-state index contributed by atoms with van der Waals surface area (Å²) >= 11 is 7.93. The van der Waals surface area contributed by atoms with Crippen LogP contribution in [0.2, 0.25) is 5.02 Å². The van der Waals surface area contributed by atoms with E-state index in [1.165, 1.54) is 12.1 Å². The largest absolute Gasteiger partial charge is 0.322 e. The Bertz CT molecular complexity index is 621. The first-order chi connectivity index (χ1) is 9.10. The molecular formula is C13H8ClFINO2. The monoisotopic (exact) mass is 391 g/mol. The summed E-state index contributed by atoms with van der Waals surface area (Å²) in [6.45, 7) is 0. The number of carbonyl (C=O) groups is 1. The van der Waals surface area contributed by atoms with E-state index in [1.807, 2.05) is 22.6 Å². The highest BCUT2D eigenvalue weighted by Crippen LogP contribution is 2.21. The van der Waals surface area contributed by atoms with E-state index in [9.17, 15) is 9.32 Å². The van der Waals surface area contributed by atoms with Crippen LogP contribution < -0.4 is 10.3 Å². The summed E-state index contributed by atoms with van der Waals surface area (Å²) in [4.78, 5) is 15.6. The summed E-state index contributed by atoms with van der Waals surface area (Å²) in [7, 11) is 0. The lowest BCUT2D eigenvalue weighted by Crippen LogP contribution is -2.12. The Morgan fingerprint density at radius 3 is 2.74 bits per heavy atom. The van der Waals surface area contributed by atoms with Crippen molar-refractivity contribution in [3.63, 3.8) is 0 Å². The zero-order chi connectivity index (χ0) is 13.8. The molecule has 0 spiro atoms. The van der Waals surface area contributed by atoms with Gasteiger partial charge < -0.3 is 5.32 Å². The van der Waals surface area contributed by atoms with Gasteiger partial charge >= 0.3 is 0 Å². The van der Waals surface area contributed by atoms with Crippen LogP contribution in [0, 0.1) is 3.57 Å². The highest BCUT2D eigenvalue weighted by molar-refractivity contribution is 14.1. The van der Waals surface area contributed by atoms with E-state index in [0.717, 1.165) is 3.57 Å². The first kappa shape index (κ1) is 14.1. The Morgan fingerprint density at radius 1 is 1.26 bits per heavy atom. The number of nitrogens with one attached hydrogen (secondary N) is 1. The Kier molecular flexibility index (Phi) is 4.60. The smallest absolute Gasteiger partial charge is 0.255 e. The molecule has 0 aromatic heterocycles. The van der Waals surface area contributed by atoms with Crippen molar-refractivity contribution in [3.8, 4) is 5.75 Å². The van der Waals surface area contributed by atoms with Crippen LogP contribution in [0.15, 0.2) is 42.5 Å². The lowest BCUT2D eigenvalue weighted by molar-refractivity contribution is -0.00613. The van der Waals surface area contributed by atoms with Gasteiger partial charge in [-0.15, -0.1) is 0 Å². The number of halogens is 3. The third-order valence-electron chi connectivity index (χ3n) is 2.36. The Morgan fingerprint density at radius 2 is 2.05 bits per heavy atom. The fourth-order valence-corrected chi connectivity index (χ4v) is 2.10. The number of anilines is 1. The maximum atomic E-state index is 12.0. The van der Waals surface area contributed by atoms with Crippen molar-refractivity contribution in [1.29, 1.82) is 0 Å². The minimum atomic E-state index is -0.300. The zero-order valence-corrected chi connectivity index (χ0v) is 12.4. The Hall–Kier alpha value is -1.34. The molecule has 0 aliphatic rings. The molecule has 0 radical (unpaired) electrons. The molecule has 0 unspecified atom stereocenters. The van der Waals surface area contributed by atoms with Gasteiger partial charge in [0.1, 0.15) is 0 Å². The lowest BCUT2D eigenvalue weighted by Gasteiger charge is -2.06. The number of benzene rings is 2. The lowest BCUT2D eigenvalue weighted by atomic mass is 10.2. The summed E-state index contributed by atoms with van der Waals surface area (Å²) in [5.74, 6) is -0.269. The van der Waals surface area contributed by atoms with Crippen LogP contribution in [-0.4, -0.2) is 5.91 Å². The molecule has 2 rings (SSSR count). The molecule has 0 saturated carbocycles. The van der Waals surface area contributed by atoms with E-state index in [0.29, 0.717) is 16.3 Å². The van der Waals surface area contributed by atoms with Crippen molar-refractivity contribution in [1.82, 2.24) is 0 Å². The van der Waals surface area contributed by atoms with Crippen molar-refractivity contribution in [2.45, 2.75) is 0 Å². The molecule has 6 heteroatoms. The molecule has 0 bridgehead atoms.